The van der Waals surface area contributed by atoms with Crippen molar-refractivity contribution in [3.05, 3.63) is 65.2 Å². The molecule has 0 aromatic heterocycles. The lowest BCUT2D eigenvalue weighted by atomic mass is 10.0. The fourth-order valence-electron chi connectivity index (χ4n) is 2.10. The highest BCUT2D eigenvalue weighted by Gasteiger charge is 2.19. The maximum Gasteiger partial charge on any atom is 0.226 e. The SMILES string of the molecule is CS(=O)(=O)N[C@@H](CC(=O)Nc1ccccc1)c1ccc(Cl)cc1. The largest absolute Gasteiger partial charge is 0.326 e. The number of carbonyl (C=O) groups excluding carboxylic acids is 1. The van der Waals surface area contributed by atoms with Gasteiger partial charge in [0.1, 0.15) is 0 Å². The van der Waals surface area contributed by atoms with Crippen molar-refractivity contribution in [2.75, 3.05) is 11.6 Å². The van der Waals surface area contributed by atoms with Gasteiger partial charge in [0.25, 0.3) is 0 Å². The first-order chi connectivity index (χ1) is 10.8. The minimum Gasteiger partial charge on any atom is -0.326 e. The van der Waals surface area contributed by atoms with Gasteiger partial charge in [-0.3, -0.25) is 4.79 Å². The van der Waals surface area contributed by atoms with Crippen molar-refractivity contribution >= 4 is 33.2 Å². The summed E-state index contributed by atoms with van der Waals surface area (Å²) >= 11 is 5.84. The molecule has 0 aliphatic rings. The molecule has 0 spiro atoms. The summed E-state index contributed by atoms with van der Waals surface area (Å²) in [6, 6.07) is 15.0. The van der Waals surface area contributed by atoms with Crippen LogP contribution < -0.4 is 10.0 Å². The number of hydrogen-bond acceptors (Lipinski definition) is 3. The van der Waals surface area contributed by atoms with E-state index in [0.717, 1.165) is 6.26 Å². The number of amides is 1. The highest BCUT2D eigenvalue weighted by Crippen LogP contribution is 2.21. The third-order valence-corrected chi connectivity index (χ3v) is 4.04. The van der Waals surface area contributed by atoms with E-state index in [0.29, 0.717) is 16.3 Å². The van der Waals surface area contributed by atoms with Crippen molar-refractivity contribution in [2.45, 2.75) is 12.5 Å². The average Bonchev–Trinajstić information content (AvgIpc) is 2.47. The van der Waals surface area contributed by atoms with Gasteiger partial charge in [0.15, 0.2) is 0 Å². The van der Waals surface area contributed by atoms with E-state index in [4.69, 9.17) is 11.6 Å². The van der Waals surface area contributed by atoms with Gasteiger partial charge in [0.05, 0.1) is 12.3 Å². The van der Waals surface area contributed by atoms with Crippen molar-refractivity contribution in [3.8, 4) is 0 Å². The van der Waals surface area contributed by atoms with E-state index in [1.54, 1.807) is 48.5 Å². The molecule has 1 amide bonds. The Labute approximate surface area is 140 Å². The highest BCUT2D eigenvalue weighted by molar-refractivity contribution is 7.88. The van der Waals surface area contributed by atoms with E-state index in [9.17, 15) is 13.2 Å². The molecule has 2 N–H and O–H groups in total. The van der Waals surface area contributed by atoms with Crippen molar-refractivity contribution in [3.63, 3.8) is 0 Å². The van der Waals surface area contributed by atoms with Crippen LogP contribution in [0.3, 0.4) is 0 Å². The first-order valence-electron chi connectivity index (χ1n) is 6.91. The molecular weight excluding hydrogens is 336 g/mol. The van der Waals surface area contributed by atoms with Crippen LogP contribution in [0.25, 0.3) is 0 Å². The van der Waals surface area contributed by atoms with Crippen LogP contribution in [-0.4, -0.2) is 20.6 Å². The second kappa shape index (κ2) is 7.59. The van der Waals surface area contributed by atoms with E-state index in [1.165, 1.54) is 0 Å². The number of hydrogen-bond donors (Lipinski definition) is 2. The second-order valence-corrected chi connectivity index (χ2v) is 7.33. The van der Waals surface area contributed by atoms with Gasteiger partial charge >= 0.3 is 0 Å². The van der Waals surface area contributed by atoms with Crippen molar-refractivity contribution in [2.24, 2.45) is 0 Å². The third-order valence-electron chi connectivity index (χ3n) is 3.08. The molecule has 0 radical (unpaired) electrons. The first-order valence-corrected chi connectivity index (χ1v) is 9.18. The molecule has 0 saturated carbocycles. The molecule has 1 atom stereocenters. The number of anilines is 1. The van der Waals surface area contributed by atoms with E-state index >= 15 is 0 Å². The Morgan fingerprint density at radius 2 is 1.70 bits per heavy atom. The van der Waals surface area contributed by atoms with Crippen LogP contribution in [0.5, 0.6) is 0 Å². The molecule has 2 aromatic carbocycles. The average molecular weight is 353 g/mol. The zero-order chi connectivity index (χ0) is 16.9. The lowest BCUT2D eigenvalue weighted by molar-refractivity contribution is -0.116. The van der Waals surface area contributed by atoms with Gasteiger partial charge < -0.3 is 5.32 Å². The lowest BCUT2D eigenvalue weighted by Gasteiger charge is -2.18. The van der Waals surface area contributed by atoms with E-state index in [2.05, 4.69) is 10.0 Å². The van der Waals surface area contributed by atoms with Gasteiger partial charge in [0, 0.05) is 17.1 Å². The zero-order valence-corrected chi connectivity index (χ0v) is 14.1. The number of carbonyl (C=O) groups is 1. The number of benzene rings is 2. The maximum atomic E-state index is 12.2. The smallest absolute Gasteiger partial charge is 0.226 e. The molecule has 5 nitrogen and oxygen atoms in total. The predicted molar refractivity (Wildman–Crippen MR) is 91.9 cm³/mol. The molecule has 0 aliphatic heterocycles. The normalized spacial score (nSPS) is 12.6. The summed E-state index contributed by atoms with van der Waals surface area (Å²) in [7, 11) is -3.46. The molecule has 0 fully saturated rings. The summed E-state index contributed by atoms with van der Waals surface area (Å²) in [6.45, 7) is 0. The molecule has 7 heteroatoms. The summed E-state index contributed by atoms with van der Waals surface area (Å²) < 4.78 is 25.6. The van der Waals surface area contributed by atoms with Crippen LogP contribution in [0.1, 0.15) is 18.0 Å². The Morgan fingerprint density at radius 1 is 1.09 bits per heavy atom. The summed E-state index contributed by atoms with van der Waals surface area (Å²) in [6.07, 6.45) is 1.04. The number of rotatable bonds is 6. The van der Waals surface area contributed by atoms with E-state index in [1.807, 2.05) is 6.07 Å². The number of para-hydroxylation sites is 1. The molecule has 0 unspecified atom stereocenters. The Balaban J connectivity index is 2.14. The van der Waals surface area contributed by atoms with Crippen LogP contribution in [0, 0.1) is 0 Å². The number of sulfonamides is 1. The monoisotopic (exact) mass is 352 g/mol. The van der Waals surface area contributed by atoms with Crippen LogP contribution in [0.15, 0.2) is 54.6 Å². The van der Waals surface area contributed by atoms with Crippen LogP contribution in [-0.2, 0) is 14.8 Å². The maximum absolute atomic E-state index is 12.2. The molecule has 0 heterocycles. The number of halogens is 1. The first kappa shape index (κ1) is 17.5. The summed E-state index contributed by atoms with van der Waals surface area (Å²) in [5, 5.41) is 3.28. The molecule has 2 rings (SSSR count). The van der Waals surface area contributed by atoms with Crippen molar-refractivity contribution < 1.29 is 13.2 Å². The van der Waals surface area contributed by atoms with Gasteiger partial charge in [0.2, 0.25) is 15.9 Å². The Morgan fingerprint density at radius 3 is 2.26 bits per heavy atom. The molecule has 122 valence electrons. The standard InChI is InChI=1S/C16H17ClN2O3S/c1-23(21,22)19-15(12-7-9-13(17)10-8-12)11-16(20)18-14-5-3-2-4-6-14/h2-10,15,19H,11H2,1H3,(H,18,20)/t15-/m0/s1. The molecular formula is C16H17ClN2O3S. The van der Waals surface area contributed by atoms with Crippen molar-refractivity contribution in [1.29, 1.82) is 0 Å². The third kappa shape index (κ3) is 6.02. The zero-order valence-electron chi connectivity index (χ0n) is 12.5. The molecule has 0 saturated heterocycles. The summed E-state index contributed by atoms with van der Waals surface area (Å²) in [5.74, 6) is -0.285. The van der Waals surface area contributed by atoms with E-state index < -0.39 is 16.1 Å². The summed E-state index contributed by atoms with van der Waals surface area (Å²) in [4.78, 5) is 12.2. The van der Waals surface area contributed by atoms with E-state index in [-0.39, 0.29) is 12.3 Å². The lowest BCUT2D eigenvalue weighted by Crippen LogP contribution is -2.30. The topological polar surface area (TPSA) is 75.3 Å². The quantitative estimate of drug-likeness (QED) is 0.839. The second-order valence-electron chi connectivity index (χ2n) is 5.11. The molecule has 0 bridgehead atoms. The highest BCUT2D eigenvalue weighted by atomic mass is 35.5. The minimum absolute atomic E-state index is 0.0242. The van der Waals surface area contributed by atoms with Gasteiger partial charge in [-0.2, -0.15) is 0 Å². The summed E-state index contributed by atoms with van der Waals surface area (Å²) in [5.41, 5.74) is 1.33. The van der Waals surface area contributed by atoms with Gasteiger partial charge in [-0.1, -0.05) is 41.9 Å². The fraction of sp³-hybridized carbons (Fsp3) is 0.188. The molecule has 0 aliphatic carbocycles. The van der Waals surface area contributed by atoms with Crippen LogP contribution >= 0.6 is 11.6 Å². The van der Waals surface area contributed by atoms with Gasteiger partial charge in [-0.25, -0.2) is 13.1 Å². The predicted octanol–water partition coefficient (Wildman–Crippen LogP) is 2.96. The fourth-order valence-corrected chi connectivity index (χ4v) is 2.96. The van der Waals surface area contributed by atoms with Crippen LogP contribution in [0.4, 0.5) is 5.69 Å². The molecule has 23 heavy (non-hydrogen) atoms. The van der Waals surface area contributed by atoms with Gasteiger partial charge in [-0.05, 0) is 29.8 Å². The van der Waals surface area contributed by atoms with Crippen LogP contribution in [0.2, 0.25) is 5.02 Å². The molecule has 2 aromatic rings. The van der Waals surface area contributed by atoms with Crippen molar-refractivity contribution in [1.82, 2.24) is 4.72 Å². The van der Waals surface area contributed by atoms with Gasteiger partial charge in [-0.15, -0.1) is 0 Å². The number of nitrogens with one attached hydrogen (secondary N) is 2. The Bertz CT molecular complexity index is 762. The minimum atomic E-state index is -3.46. The Kier molecular flexibility index (Phi) is 5.76. The Hall–Kier alpha value is -1.89.